The first-order chi connectivity index (χ1) is 8.08. The molecule has 0 aliphatic carbocycles. The summed E-state index contributed by atoms with van der Waals surface area (Å²) in [5, 5.41) is 1.15. The van der Waals surface area contributed by atoms with Crippen molar-refractivity contribution in [3.8, 4) is 0 Å². The summed E-state index contributed by atoms with van der Waals surface area (Å²) in [5.74, 6) is 0. The first-order valence-electron chi connectivity index (χ1n) is 6.00. The maximum Gasteiger partial charge on any atom is 0.0896 e. The Labute approximate surface area is 110 Å². The Bertz CT molecular complexity index is 364. The van der Waals surface area contributed by atoms with Crippen molar-refractivity contribution >= 4 is 11.3 Å². The van der Waals surface area contributed by atoms with Crippen LogP contribution in [-0.2, 0) is 0 Å². The van der Waals surface area contributed by atoms with Crippen LogP contribution in [0.2, 0.25) is 0 Å². The first kappa shape index (κ1) is 15.9. The van der Waals surface area contributed by atoms with Gasteiger partial charge in [-0.15, -0.1) is 11.3 Å². The van der Waals surface area contributed by atoms with Gasteiger partial charge in [0, 0.05) is 11.1 Å². The largest absolute Gasteiger partial charge is 0.250 e. The van der Waals surface area contributed by atoms with Gasteiger partial charge in [-0.3, -0.25) is 0 Å². The second-order valence-corrected chi connectivity index (χ2v) is 5.08. The van der Waals surface area contributed by atoms with Gasteiger partial charge in [-0.2, -0.15) is 0 Å². The van der Waals surface area contributed by atoms with Crippen molar-refractivity contribution in [3.05, 3.63) is 51.5 Å². The third-order valence-electron chi connectivity index (χ3n) is 1.96. The molecule has 2 rings (SSSR count). The fourth-order valence-corrected chi connectivity index (χ4v) is 1.78. The summed E-state index contributed by atoms with van der Waals surface area (Å²) in [6.07, 6.45) is 1.89. The van der Waals surface area contributed by atoms with Crippen molar-refractivity contribution in [2.45, 2.75) is 41.5 Å². The van der Waals surface area contributed by atoms with Crippen LogP contribution in [0.3, 0.4) is 0 Å². The molecule has 0 aliphatic heterocycles. The molecule has 0 saturated heterocycles. The Morgan fingerprint density at radius 1 is 0.824 bits per heavy atom. The molecule has 1 heterocycles. The molecule has 1 aromatic heterocycles. The van der Waals surface area contributed by atoms with Crippen LogP contribution in [0.15, 0.2) is 30.5 Å². The number of aromatic nitrogens is 1. The minimum Gasteiger partial charge on any atom is -0.250 e. The number of thiazole rings is 1. The van der Waals surface area contributed by atoms with Gasteiger partial charge in [0.15, 0.2) is 0 Å². The summed E-state index contributed by atoms with van der Waals surface area (Å²) in [7, 11) is 0. The molecule has 0 spiro atoms. The lowest BCUT2D eigenvalue weighted by molar-refractivity contribution is 1.28. The molecule has 0 unspecified atom stereocenters. The predicted molar refractivity (Wildman–Crippen MR) is 78.9 cm³/mol. The second-order valence-electron chi connectivity index (χ2n) is 3.64. The molecule has 0 amide bonds. The summed E-state index contributed by atoms with van der Waals surface area (Å²) in [6.45, 7) is 12.3. The highest BCUT2D eigenvalue weighted by Crippen LogP contribution is 2.07. The van der Waals surface area contributed by atoms with E-state index in [9.17, 15) is 0 Å². The number of hydrogen-bond donors (Lipinski definition) is 0. The van der Waals surface area contributed by atoms with Gasteiger partial charge in [0.05, 0.1) is 5.01 Å². The van der Waals surface area contributed by atoms with Crippen molar-refractivity contribution in [2.75, 3.05) is 0 Å². The predicted octanol–water partition coefficient (Wildman–Crippen LogP) is 5.09. The smallest absolute Gasteiger partial charge is 0.0896 e. The molecule has 2 heteroatoms. The van der Waals surface area contributed by atoms with Gasteiger partial charge in [0.1, 0.15) is 0 Å². The van der Waals surface area contributed by atoms with Crippen molar-refractivity contribution in [1.29, 1.82) is 0 Å². The lowest BCUT2D eigenvalue weighted by atomic mass is 10.2. The van der Waals surface area contributed by atoms with E-state index in [1.165, 1.54) is 16.0 Å². The molecular weight excluding hydrogens is 226 g/mol. The van der Waals surface area contributed by atoms with E-state index in [4.69, 9.17) is 0 Å². The number of hydrogen-bond acceptors (Lipinski definition) is 2. The van der Waals surface area contributed by atoms with Crippen molar-refractivity contribution in [3.63, 3.8) is 0 Å². The molecule has 1 aromatic carbocycles. The van der Waals surface area contributed by atoms with E-state index in [1.807, 2.05) is 27.0 Å². The van der Waals surface area contributed by atoms with E-state index >= 15 is 0 Å². The molecule has 2 aromatic rings. The minimum absolute atomic E-state index is 1.15. The van der Waals surface area contributed by atoms with Gasteiger partial charge in [-0.1, -0.05) is 49.2 Å². The zero-order chi connectivity index (χ0) is 13.3. The molecule has 0 atom stereocenters. The number of rotatable bonds is 0. The van der Waals surface area contributed by atoms with Gasteiger partial charge in [0.2, 0.25) is 0 Å². The quantitative estimate of drug-likeness (QED) is 0.633. The highest BCUT2D eigenvalue weighted by Gasteiger charge is 1.86. The normalized spacial score (nSPS) is 8.59. The van der Waals surface area contributed by atoms with Crippen LogP contribution in [0.5, 0.6) is 0 Å². The molecule has 0 radical (unpaired) electrons. The summed E-state index contributed by atoms with van der Waals surface area (Å²) in [5.41, 5.74) is 2.66. The van der Waals surface area contributed by atoms with Crippen molar-refractivity contribution in [2.24, 2.45) is 0 Å². The number of benzene rings is 1. The first-order valence-corrected chi connectivity index (χ1v) is 6.82. The van der Waals surface area contributed by atoms with Crippen LogP contribution in [0.4, 0.5) is 0 Å². The average molecular weight is 249 g/mol. The van der Waals surface area contributed by atoms with E-state index in [1.54, 1.807) is 11.3 Å². The molecule has 0 N–H and O–H groups in total. The Kier molecular flexibility index (Phi) is 8.34. The molecule has 0 aliphatic rings. The maximum atomic E-state index is 4.03. The molecule has 17 heavy (non-hydrogen) atoms. The Morgan fingerprint density at radius 2 is 1.24 bits per heavy atom. The van der Waals surface area contributed by atoms with E-state index in [0.29, 0.717) is 0 Å². The SMILES string of the molecule is CC.Cc1ccc(C)cc1.Cc1cnc(C)s1. The zero-order valence-corrected chi connectivity index (χ0v) is 12.6. The van der Waals surface area contributed by atoms with E-state index in [2.05, 4.69) is 50.0 Å². The Morgan fingerprint density at radius 3 is 1.41 bits per heavy atom. The number of aryl methyl sites for hydroxylation is 4. The summed E-state index contributed by atoms with van der Waals surface area (Å²) >= 11 is 1.73. The van der Waals surface area contributed by atoms with E-state index < -0.39 is 0 Å². The van der Waals surface area contributed by atoms with Crippen LogP contribution in [0.1, 0.15) is 34.9 Å². The number of nitrogens with zero attached hydrogens (tertiary/aromatic N) is 1. The van der Waals surface area contributed by atoms with E-state index in [0.717, 1.165) is 5.01 Å². The van der Waals surface area contributed by atoms with Gasteiger partial charge in [0.25, 0.3) is 0 Å². The van der Waals surface area contributed by atoms with Gasteiger partial charge in [-0.25, -0.2) is 4.98 Å². The summed E-state index contributed by atoms with van der Waals surface area (Å²) in [4.78, 5) is 5.32. The van der Waals surface area contributed by atoms with Gasteiger partial charge >= 0.3 is 0 Å². The maximum absolute atomic E-state index is 4.03. The highest BCUT2D eigenvalue weighted by atomic mass is 32.1. The monoisotopic (exact) mass is 249 g/mol. The van der Waals surface area contributed by atoms with Crippen molar-refractivity contribution in [1.82, 2.24) is 4.98 Å². The Balaban J connectivity index is 0.000000265. The van der Waals surface area contributed by atoms with Crippen LogP contribution >= 0.6 is 11.3 Å². The molecular formula is C15H23NS. The van der Waals surface area contributed by atoms with Gasteiger partial charge < -0.3 is 0 Å². The van der Waals surface area contributed by atoms with Crippen LogP contribution in [0.25, 0.3) is 0 Å². The third-order valence-corrected chi connectivity index (χ3v) is 2.78. The van der Waals surface area contributed by atoms with E-state index in [-0.39, 0.29) is 0 Å². The molecule has 0 saturated carbocycles. The highest BCUT2D eigenvalue weighted by molar-refractivity contribution is 7.11. The molecule has 1 nitrogen and oxygen atoms in total. The van der Waals surface area contributed by atoms with Crippen molar-refractivity contribution < 1.29 is 0 Å². The Hall–Kier alpha value is -1.15. The zero-order valence-electron chi connectivity index (χ0n) is 11.7. The molecule has 94 valence electrons. The lowest BCUT2D eigenvalue weighted by Crippen LogP contribution is -1.70. The van der Waals surface area contributed by atoms with Crippen LogP contribution in [0, 0.1) is 27.7 Å². The molecule has 0 fully saturated rings. The second kappa shape index (κ2) is 8.94. The summed E-state index contributed by atoms with van der Waals surface area (Å²) in [6, 6.07) is 8.48. The standard InChI is InChI=1S/C8H10.C5H7NS.C2H6/c1-7-3-5-8(2)6-4-7;1-4-3-6-5(2)7-4;1-2/h3-6H,1-2H3;3H,1-2H3;1-2H3. The van der Waals surface area contributed by atoms with Crippen LogP contribution in [-0.4, -0.2) is 4.98 Å². The average Bonchev–Trinajstić information content (AvgIpc) is 2.70. The van der Waals surface area contributed by atoms with Crippen LogP contribution < -0.4 is 0 Å². The lowest BCUT2D eigenvalue weighted by Gasteiger charge is -1.90. The minimum atomic E-state index is 1.15. The fourth-order valence-electron chi connectivity index (χ4n) is 1.10. The third kappa shape index (κ3) is 7.70. The van der Waals surface area contributed by atoms with Gasteiger partial charge in [-0.05, 0) is 27.7 Å². The fraction of sp³-hybridized carbons (Fsp3) is 0.400. The topological polar surface area (TPSA) is 12.9 Å². The molecule has 0 bridgehead atoms. The summed E-state index contributed by atoms with van der Waals surface area (Å²) < 4.78 is 0.